The third kappa shape index (κ3) is 3.50. The second-order valence-electron chi connectivity index (χ2n) is 5.38. The summed E-state index contributed by atoms with van der Waals surface area (Å²) in [5.41, 5.74) is 2.89. The fourth-order valence-corrected chi connectivity index (χ4v) is 2.34. The summed E-state index contributed by atoms with van der Waals surface area (Å²) in [5, 5.41) is 18.2. The van der Waals surface area contributed by atoms with Crippen molar-refractivity contribution in [2.24, 2.45) is 0 Å². The highest BCUT2D eigenvalue weighted by molar-refractivity contribution is 5.89. The van der Waals surface area contributed by atoms with Gasteiger partial charge in [-0.3, -0.25) is 9.97 Å². The Hall–Kier alpha value is -3.61. The van der Waals surface area contributed by atoms with Gasteiger partial charge in [0.05, 0.1) is 33.9 Å². The van der Waals surface area contributed by atoms with E-state index in [1.165, 1.54) is 36.7 Å². The van der Waals surface area contributed by atoms with E-state index in [0.717, 1.165) is 5.56 Å². The van der Waals surface area contributed by atoms with E-state index in [2.05, 4.69) is 15.0 Å². The molecule has 0 saturated heterocycles. The summed E-state index contributed by atoms with van der Waals surface area (Å²) in [7, 11) is 0. The summed E-state index contributed by atoms with van der Waals surface area (Å²) in [6, 6.07) is 9.24. The second-order valence-corrected chi connectivity index (χ2v) is 5.38. The Morgan fingerprint density at radius 3 is 1.60 bits per heavy atom. The summed E-state index contributed by atoms with van der Waals surface area (Å²) in [6.45, 7) is 1.86. The Balaban J connectivity index is 2.10. The molecule has 0 bridgehead atoms. The number of nitrogens with zero attached hydrogens (tertiary/aromatic N) is 3. The van der Waals surface area contributed by atoms with Gasteiger partial charge in [-0.2, -0.15) is 0 Å². The van der Waals surface area contributed by atoms with Crippen LogP contribution >= 0.6 is 0 Å². The number of carboxylic acids is 2. The summed E-state index contributed by atoms with van der Waals surface area (Å²) in [5.74, 6) is -2.10. The van der Waals surface area contributed by atoms with E-state index in [9.17, 15) is 9.59 Å². The van der Waals surface area contributed by atoms with Gasteiger partial charge in [0.25, 0.3) is 0 Å². The molecule has 0 aliphatic heterocycles. The molecule has 0 spiro atoms. The molecule has 0 atom stereocenters. The van der Waals surface area contributed by atoms with Crippen molar-refractivity contribution in [2.75, 3.05) is 0 Å². The number of hydrogen-bond donors (Lipinski definition) is 2. The first kappa shape index (κ1) is 16.3. The molecule has 3 rings (SSSR count). The van der Waals surface area contributed by atoms with Gasteiger partial charge in [-0.1, -0.05) is 0 Å². The monoisotopic (exact) mass is 335 g/mol. The first-order valence-electron chi connectivity index (χ1n) is 7.32. The predicted octanol–water partition coefficient (Wildman–Crippen LogP) is 2.91. The lowest BCUT2D eigenvalue weighted by Gasteiger charge is -2.07. The lowest BCUT2D eigenvalue weighted by Crippen LogP contribution is -2.00. The number of aryl methyl sites for hydroxylation is 1. The molecule has 0 radical (unpaired) electrons. The van der Waals surface area contributed by atoms with Crippen LogP contribution in [0.5, 0.6) is 0 Å². The number of aromatic nitrogens is 3. The van der Waals surface area contributed by atoms with Crippen LogP contribution in [0.3, 0.4) is 0 Å². The smallest absolute Gasteiger partial charge is 0.335 e. The highest BCUT2D eigenvalue weighted by atomic mass is 16.4. The Kier molecular flexibility index (Phi) is 4.21. The molecule has 0 fully saturated rings. The average molecular weight is 335 g/mol. The van der Waals surface area contributed by atoms with Gasteiger partial charge in [0.15, 0.2) is 0 Å². The molecule has 3 aromatic rings. The number of hydrogen-bond acceptors (Lipinski definition) is 5. The molecule has 0 unspecified atom stereocenters. The fourth-order valence-electron chi connectivity index (χ4n) is 2.34. The Bertz CT molecular complexity index is 910. The maximum Gasteiger partial charge on any atom is 0.335 e. The quantitative estimate of drug-likeness (QED) is 0.753. The molecular formula is C18H13N3O4. The van der Waals surface area contributed by atoms with Crippen molar-refractivity contribution in [1.29, 1.82) is 0 Å². The van der Waals surface area contributed by atoms with Gasteiger partial charge in [-0.05, 0) is 48.9 Å². The third-order valence-electron chi connectivity index (χ3n) is 3.51. The van der Waals surface area contributed by atoms with E-state index < -0.39 is 11.9 Å². The number of carboxylic acid groups (broad SMARTS) is 2. The van der Waals surface area contributed by atoms with Crippen molar-refractivity contribution in [2.45, 2.75) is 6.92 Å². The standard InChI is InChI=1S/C18H13N3O4/c1-10-6-15(13-8-11(17(22)23)2-4-19-13)21-16(7-10)14-9-12(18(24)25)3-5-20-14/h2-9H,1H3,(H,22,23)(H,24,25). The highest BCUT2D eigenvalue weighted by Gasteiger charge is 2.12. The number of aromatic carboxylic acids is 2. The first-order valence-corrected chi connectivity index (χ1v) is 7.32. The van der Waals surface area contributed by atoms with Crippen LogP contribution in [0.1, 0.15) is 26.3 Å². The van der Waals surface area contributed by atoms with Crippen molar-refractivity contribution in [3.8, 4) is 22.8 Å². The third-order valence-corrected chi connectivity index (χ3v) is 3.51. The average Bonchev–Trinajstić information content (AvgIpc) is 2.61. The van der Waals surface area contributed by atoms with Crippen LogP contribution in [-0.4, -0.2) is 37.1 Å². The maximum absolute atomic E-state index is 11.1. The van der Waals surface area contributed by atoms with Crippen molar-refractivity contribution in [1.82, 2.24) is 15.0 Å². The van der Waals surface area contributed by atoms with Gasteiger partial charge in [0, 0.05) is 12.4 Å². The molecule has 0 amide bonds. The maximum atomic E-state index is 11.1. The van der Waals surface area contributed by atoms with Crippen LogP contribution in [0, 0.1) is 6.92 Å². The van der Waals surface area contributed by atoms with E-state index in [0.29, 0.717) is 22.8 Å². The molecule has 124 valence electrons. The molecule has 7 heteroatoms. The van der Waals surface area contributed by atoms with Crippen LogP contribution < -0.4 is 0 Å². The molecule has 3 heterocycles. The number of carbonyl (C=O) groups is 2. The van der Waals surface area contributed by atoms with Gasteiger partial charge in [0.2, 0.25) is 0 Å². The van der Waals surface area contributed by atoms with Crippen molar-refractivity contribution >= 4 is 11.9 Å². The van der Waals surface area contributed by atoms with E-state index >= 15 is 0 Å². The SMILES string of the molecule is Cc1cc(-c2cc(C(=O)O)ccn2)nc(-c2cc(C(=O)O)ccn2)c1. The van der Waals surface area contributed by atoms with Gasteiger partial charge in [-0.15, -0.1) is 0 Å². The zero-order valence-corrected chi connectivity index (χ0v) is 13.2. The number of pyridine rings is 3. The lowest BCUT2D eigenvalue weighted by atomic mass is 10.1. The van der Waals surface area contributed by atoms with Gasteiger partial charge in [-0.25, -0.2) is 14.6 Å². The lowest BCUT2D eigenvalue weighted by molar-refractivity contribution is 0.0686. The van der Waals surface area contributed by atoms with Crippen LogP contribution in [0.4, 0.5) is 0 Å². The Morgan fingerprint density at radius 2 is 1.20 bits per heavy atom. The van der Waals surface area contributed by atoms with Gasteiger partial charge < -0.3 is 10.2 Å². The summed E-state index contributed by atoms with van der Waals surface area (Å²) in [6.07, 6.45) is 2.82. The van der Waals surface area contributed by atoms with Crippen LogP contribution in [0.25, 0.3) is 22.8 Å². The van der Waals surface area contributed by atoms with E-state index in [1.54, 1.807) is 12.1 Å². The minimum atomic E-state index is -1.05. The molecule has 0 aromatic carbocycles. The van der Waals surface area contributed by atoms with Crippen molar-refractivity contribution < 1.29 is 19.8 Å². The Labute approximate surface area is 142 Å². The predicted molar refractivity (Wildman–Crippen MR) is 89.4 cm³/mol. The van der Waals surface area contributed by atoms with Gasteiger partial charge in [0.1, 0.15) is 0 Å². The molecule has 25 heavy (non-hydrogen) atoms. The molecule has 0 saturated carbocycles. The zero-order chi connectivity index (χ0) is 18.0. The molecule has 0 aliphatic rings. The largest absolute Gasteiger partial charge is 0.478 e. The van der Waals surface area contributed by atoms with Crippen molar-refractivity contribution in [3.63, 3.8) is 0 Å². The minimum Gasteiger partial charge on any atom is -0.478 e. The first-order chi connectivity index (χ1) is 11.9. The van der Waals surface area contributed by atoms with E-state index in [1.807, 2.05) is 6.92 Å². The minimum absolute atomic E-state index is 0.112. The van der Waals surface area contributed by atoms with E-state index in [-0.39, 0.29) is 11.1 Å². The molecule has 3 aromatic heterocycles. The van der Waals surface area contributed by atoms with Crippen LogP contribution in [-0.2, 0) is 0 Å². The summed E-state index contributed by atoms with van der Waals surface area (Å²) >= 11 is 0. The summed E-state index contributed by atoms with van der Waals surface area (Å²) in [4.78, 5) is 35.1. The Morgan fingerprint density at radius 1 is 0.760 bits per heavy atom. The molecule has 7 nitrogen and oxygen atoms in total. The van der Waals surface area contributed by atoms with Crippen molar-refractivity contribution in [3.05, 3.63) is 65.5 Å². The normalized spacial score (nSPS) is 10.4. The highest BCUT2D eigenvalue weighted by Crippen LogP contribution is 2.23. The van der Waals surface area contributed by atoms with Crippen LogP contribution in [0.2, 0.25) is 0 Å². The topological polar surface area (TPSA) is 113 Å². The second kappa shape index (κ2) is 6.48. The van der Waals surface area contributed by atoms with E-state index in [4.69, 9.17) is 10.2 Å². The fraction of sp³-hybridized carbons (Fsp3) is 0.0556. The van der Waals surface area contributed by atoms with Crippen LogP contribution in [0.15, 0.2) is 48.8 Å². The summed E-state index contributed by atoms with van der Waals surface area (Å²) < 4.78 is 0. The molecular weight excluding hydrogens is 322 g/mol. The molecule has 2 N–H and O–H groups in total. The molecule has 0 aliphatic carbocycles. The zero-order valence-electron chi connectivity index (χ0n) is 13.2. The van der Waals surface area contributed by atoms with Gasteiger partial charge >= 0.3 is 11.9 Å². The number of rotatable bonds is 4.